The summed E-state index contributed by atoms with van der Waals surface area (Å²) in [5.74, 6) is 1.20. The van der Waals surface area contributed by atoms with E-state index in [1.165, 1.54) is 49.4 Å². The van der Waals surface area contributed by atoms with Crippen LogP contribution in [-0.4, -0.2) is 20.9 Å². The average Bonchev–Trinajstić information content (AvgIpc) is 3.20. The molecule has 4 rings (SSSR count). The van der Waals surface area contributed by atoms with Gasteiger partial charge in [-0.25, -0.2) is 0 Å². The van der Waals surface area contributed by atoms with Gasteiger partial charge in [0.25, 0.3) is 0 Å². The molecule has 6 heteroatoms. The van der Waals surface area contributed by atoms with E-state index in [1.54, 1.807) is 4.90 Å². The predicted molar refractivity (Wildman–Crippen MR) is 90.7 cm³/mol. The van der Waals surface area contributed by atoms with Crippen LogP contribution in [0.1, 0.15) is 48.8 Å². The number of hydrogen-bond donors (Lipinski definition) is 1. The third-order valence-corrected chi connectivity index (χ3v) is 6.42. The maximum absolute atomic E-state index is 5.70. The molecule has 0 radical (unpaired) electrons. The Morgan fingerprint density at radius 3 is 3.14 bits per heavy atom. The standard InChI is InChI=1S/C16H22N4S2/c21-16-19-10-3-1-2-8-15(19)17-20(16)12-18-9-4-6-13(18)14-7-5-11-22-14/h5,7,11,13H,1-4,6,8-10,12H2/p+1/t13-/m1/s1. The highest BCUT2D eigenvalue weighted by Gasteiger charge is 2.31. The zero-order chi connectivity index (χ0) is 14.9. The summed E-state index contributed by atoms with van der Waals surface area (Å²) in [7, 11) is 0. The molecule has 2 atom stereocenters. The van der Waals surface area contributed by atoms with E-state index < -0.39 is 0 Å². The Bertz CT molecular complexity index is 686. The van der Waals surface area contributed by atoms with Gasteiger partial charge < -0.3 is 9.47 Å². The number of thiophene rings is 1. The summed E-state index contributed by atoms with van der Waals surface area (Å²) < 4.78 is 5.30. The highest BCUT2D eigenvalue weighted by atomic mass is 32.1. The van der Waals surface area contributed by atoms with Crippen LogP contribution in [0.2, 0.25) is 0 Å². The molecule has 1 unspecified atom stereocenters. The van der Waals surface area contributed by atoms with E-state index >= 15 is 0 Å². The van der Waals surface area contributed by atoms with Crippen molar-refractivity contribution in [3.8, 4) is 0 Å². The summed E-state index contributed by atoms with van der Waals surface area (Å²) in [5.41, 5.74) is 0. The zero-order valence-corrected chi connectivity index (χ0v) is 14.5. The average molecular weight is 336 g/mol. The summed E-state index contributed by atoms with van der Waals surface area (Å²) in [5, 5.41) is 7.04. The lowest BCUT2D eigenvalue weighted by molar-refractivity contribution is -0.941. The van der Waals surface area contributed by atoms with Crippen LogP contribution in [0, 0.1) is 4.77 Å². The lowest BCUT2D eigenvalue weighted by Gasteiger charge is -2.20. The second-order valence-corrected chi connectivity index (χ2v) is 7.78. The third kappa shape index (κ3) is 2.68. The fourth-order valence-electron chi connectivity index (χ4n) is 3.85. The Morgan fingerprint density at radius 2 is 2.27 bits per heavy atom. The van der Waals surface area contributed by atoms with Crippen LogP contribution in [0.5, 0.6) is 0 Å². The zero-order valence-electron chi connectivity index (χ0n) is 12.8. The predicted octanol–water partition coefficient (Wildman–Crippen LogP) is 2.58. The monoisotopic (exact) mass is 335 g/mol. The molecular weight excluding hydrogens is 312 g/mol. The van der Waals surface area contributed by atoms with E-state index in [4.69, 9.17) is 17.3 Å². The normalized spacial score (nSPS) is 25.1. The first kappa shape index (κ1) is 14.6. The van der Waals surface area contributed by atoms with Gasteiger partial charge in [-0.2, -0.15) is 9.78 Å². The second-order valence-electron chi connectivity index (χ2n) is 6.44. The molecule has 2 aromatic rings. The van der Waals surface area contributed by atoms with Crippen molar-refractivity contribution >= 4 is 23.6 Å². The number of nitrogens with one attached hydrogen (secondary N) is 1. The maximum atomic E-state index is 5.70. The highest BCUT2D eigenvalue weighted by molar-refractivity contribution is 7.71. The first-order valence-electron chi connectivity index (χ1n) is 8.37. The third-order valence-electron chi connectivity index (χ3n) is 5.00. The van der Waals surface area contributed by atoms with Gasteiger partial charge in [0.1, 0.15) is 11.9 Å². The molecule has 4 heterocycles. The molecule has 2 aliphatic rings. The Balaban J connectivity index is 1.57. The number of aromatic nitrogens is 3. The van der Waals surface area contributed by atoms with Crippen LogP contribution in [0.25, 0.3) is 0 Å². The van der Waals surface area contributed by atoms with Gasteiger partial charge in [0.05, 0.1) is 11.4 Å². The van der Waals surface area contributed by atoms with Crippen LogP contribution >= 0.6 is 23.6 Å². The number of aryl methyl sites for hydroxylation is 1. The van der Waals surface area contributed by atoms with Gasteiger partial charge in [-0.05, 0) is 36.5 Å². The first-order valence-corrected chi connectivity index (χ1v) is 9.66. The summed E-state index contributed by atoms with van der Waals surface area (Å²) in [6, 6.07) is 5.08. The Morgan fingerprint density at radius 1 is 1.32 bits per heavy atom. The summed E-state index contributed by atoms with van der Waals surface area (Å²) in [6.07, 6.45) is 7.47. The molecule has 0 spiro atoms. The second kappa shape index (κ2) is 6.26. The van der Waals surface area contributed by atoms with Crippen molar-refractivity contribution in [3.05, 3.63) is 33.0 Å². The molecule has 0 saturated carbocycles. The molecule has 0 bridgehead atoms. The largest absolute Gasteiger partial charge is 0.309 e. The van der Waals surface area contributed by atoms with Gasteiger partial charge in [-0.3, -0.25) is 0 Å². The summed E-state index contributed by atoms with van der Waals surface area (Å²) in [4.78, 5) is 3.13. The molecule has 22 heavy (non-hydrogen) atoms. The number of likely N-dealkylation sites (tertiary alicyclic amines) is 1. The van der Waals surface area contributed by atoms with E-state index in [1.807, 2.05) is 11.3 Å². The molecule has 4 nitrogen and oxygen atoms in total. The van der Waals surface area contributed by atoms with Crippen LogP contribution in [0.3, 0.4) is 0 Å². The van der Waals surface area contributed by atoms with E-state index in [-0.39, 0.29) is 0 Å². The fraction of sp³-hybridized carbons (Fsp3) is 0.625. The number of rotatable bonds is 3. The Hall–Kier alpha value is -0.980. The number of fused-ring (bicyclic) bond motifs is 1. The number of quaternary nitrogens is 1. The molecule has 0 aromatic carbocycles. The minimum absolute atomic E-state index is 0.628. The van der Waals surface area contributed by atoms with Crippen molar-refractivity contribution in [2.75, 3.05) is 6.54 Å². The van der Waals surface area contributed by atoms with E-state index in [0.29, 0.717) is 6.04 Å². The van der Waals surface area contributed by atoms with Gasteiger partial charge in [0.2, 0.25) is 4.77 Å². The van der Waals surface area contributed by atoms with Crippen molar-refractivity contribution in [3.63, 3.8) is 0 Å². The minimum Gasteiger partial charge on any atom is -0.309 e. The lowest BCUT2D eigenvalue weighted by atomic mass is 10.2. The molecule has 1 N–H and O–H groups in total. The van der Waals surface area contributed by atoms with E-state index in [9.17, 15) is 0 Å². The van der Waals surface area contributed by atoms with Gasteiger partial charge in [0.15, 0.2) is 6.67 Å². The molecule has 0 aliphatic carbocycles. The molecule has 0 amide bonds. The van der Waals surface area contributed by atoms with Gasteiger partial charge in [0, 0.05) is 25.8 Å². The molecule has 2 aromatic heterocycles. The lowest BCUT2D eigenvalue weighted by Crippen LogP contribution is -3.09. The SMILES string of the molecule is S=c1n(C[NH+]2CCC[C@@H]2c2cccs2)nc2n1CCCCC2. The Kier molecular flexibility index (Phi) is 4.15. The van der Waals surface area contributed by atoms with Gasteiger partial charge >= 0.3 is 0 Å². The molecule has 1 saturated heterocycles. The van der Waals surface area contributed by atoms with Gasteiger partial charge in [-0.15, -0.1) is 11.3 Å². The first-order chi connectivity index (χ1) is 10.8. The number of nitrogens with zero attached hydrogens (tertiary/aromatic N) is 3. The topological polar surface area (TPSA) is 27.2 Å². The fourth-order valence-corrected chi connectivity index (χ4v) is 5.08. The quantitative estimate of drug-likeness (QED) is 0.873. The molecule has 1 fully saturated rings. The van der Waals surface area contributed by atoms with Crippen molar-refractivity contribution in [2.45, 2.75) is 57.8 Å². The van der Waals surface area contributed by atoms with Gasteiger partial charge in [-0.1, -0.05) is 12.5 Å². The Labute approximate surface area is 140 Å². The van der Waals surface area contributed by atoms with Crippen molar-refractivity contribution in [1.82, 2.24) is 14.3 Å². The van der Waals surface area contributed by atoms with Crippen molar-refractivity contribution in [1.29, 1.82) is 0 Å². The minimum atomic E-state index is 0.628. The molecule has 118 valence electrons. The van der Waals surface area contributed by atoms with Crippen LogP contribution in [0.15, 0.2) is 17.5 Å². The van der Waals surface area contributed by atoms with Crippen molar-refractivity contribution < 1.29 is 4.90 Å². The van der Waals surface area contributed by atoms with Crippen LogP contribution in [-0.2, 0) is 19.6 Å². The van der Waals surface area contributed by atoms with Crippen LogP contribution < -0.4 is 4.90 Å². The summed E-state index contributed by atoms with van der Waals surface area (Å²) in [6.45, 7) is 3.20. The van der Waals surface area contributed by atoms with E-state index in [2.05, 4.69) is 26.8 Å². The smallest absolute Gasteiger partial charge is 0.202 e. The van der Waals surface area contributed by atoms with Crippen LogP contribution in [0.4, 0.5) is 0 Å². The summed E-state index contributed by atoms with van der Waals surface area (Å²) >= 11 is 7.59. The van der Waals surface area contributed by atoms with E-state index in [0.717, 1.165) is 24.4 Å². The highest BCUT2D eigenvalue weighted by Crippen LogP contribution is 2.23. The molecule has 2 aliphatic heterocycles. The molecular formula is C16H23N4S2+. The number of hydrogen-bond acceptors (Lipinski definition) is 3. The van der Waals surface area contributed by atoms with Crippen molar-refractivity contribution in [2.24, 2.45) is 0 Å². The maximum Gasteiger partial charge on any atom is 0.202 e.